The summed E-state index contributed by atoms with van der Waals surface area (Å²) >= 11 is 5.44. The molecule has 0 unspecified atom stereocenters. The van der Waals surface area contributed by atoms with Gasteiger partial charge in [-0.3, -0.25) is 0 Å². The van der Waals surface area contributed by atoms with E-state index in [2.05, 4.69) is 4.99 Å². The molecule has 0 aliphatic rings. The van der Waals surface area contributed by atoms with Crippen molar-refractivity contribution in [2.75, 3.05) is 5.48 Å². The molecule has 0 spiro atoms. The molecule has 0 saturated heterocycles. The highest BCUT2D eigenvalue weighted by Gasteiger charge is 2.13. The maximum absolute atomic E-state index is 12.9. The fourth-order valence-electron chi connectivity index (χ4n) is 0.840. The van der Waals surface area contributed by atoms with E-state index in [0.717, 1.165) is 12.1 Å². The fourth-order valence-corrected chi connectivity index (χ4v) is 1.07. The monoisotopic (exact) mass is 221 g/mol. The Hall–Kier alpha value is -1.37. The van der Waals surface area contributed by atoms with Crippen LogP contribution in [0.5, 0.6) is 0 Å². The van der Waals surface area contributed by atoms with Crippen LogP contribution in [-0.4, -0.2) is 16.3 Å². The highest BCUT2D eigenvalue weighted by molar-refractivity contribution is 6.33. The smallest absolute Gasteiger partial charge is 0.337 e. The molecule has 7 heteroatoms. The molecule has 14 heavy (non-hydrogen) atoms. The lowest BCUT2D eigenvalue weighted by atomic mass is 10.2. The average molecular weight is 222 g/mol. The van der Waals surface area contributed by atoms with Crippen molar-refractivity contribution < 1.29 is 24.5 Å². The van der Waals surface area contributed by atoms with E-state index < -0.39 is 11.8 Å². The Balaban J connectivity index is 3.20. The number of hydrogen-bond donors (Lipinski definition) is 3. The second-order valence-electron chi connectivity index (χ2n) is 2.31. The summed E-state index contributed by atoms with van der Waals surface area (Å²) < 4.78 is 12.9. The van der Waals surface area contributed by atoms with Gasteiger partial charge in [0.2, 0.25) is 0 Å². The Morgan fingerprint density at radius 2 is 2.21 bits per heavy atom. The van der Waals surface area contributed by atoms with Crippen molar-refractivity contribution >= 4 is 23.3 Å². The number of carboxylic acid groups (broad SMARTS) is 1. The Kier molecular flexibility index (Phi) is 3.23. The molecule has 0 aromatic heterocycles. The Labute approximate surface area is 82.6 Å². The van der Waals surface area contributed by atoms with E-state index >= 15 is 0 Å². The minimum absolute atomic E-state index is 0.238. The zero-order valence-corrected chi connectivity index (χ0v) is 7.38. The summed E-state index contributed by atoms with van der Waals surface area (Å²) in [4.78, 5) is 14.0. The number of nitrogens with one attached hydrogen (secondary N) is 1. The maximum atomic E-state index is 12.9. The zero-order valence-electron chi connectivity index (χ0n) is 6.62. The lowest BCUT2D eigenvalue weighted by Crippen LogP contribution is -2.04. The molecule has 76 valence electrons. The van der Waals surface area contributed by atoms with Gasteiger partial charge in [-0.15, -0.1) is 4.99 Å². The molecule has 1 aromatic rings. The van der Waals surface area contributed by atoms with E-state index in [1.807, 2.05) is 0 Å². The summed E-state index contributed by atoms with van der Waals surface area (Å²) in [5, 5.41) is 16.4. The summed E-state index contributed by atoms with van der Waals surface area (Å²) in [6, 6.07) is 1.70. The Morgan fingerprint density at radius 3 is 2.71 bits per heavy atom. The summed E-state index contributed by atoms with van der Waals surface area (Å²) in [6.07, 6.45) is 0. The molecule has 0 radical (unpaired) electrons. The SMILES string of the molecule is O=C(O)c1cc(NOO)c(F)cc1Cl. The quantitative estimate of drug-likeness (QED) is 0.537. The third-order valence-electron chi connectivity index (χ3n) is 1.44. The highest BCUT2D eigenvalue weighted by Crippen LogP contribution is 2.24. The van der Waals surface area contributed by atoms with Gasteiger partial charge in [0.1, 0.15) is 11.5 Å². The third kappa shape index (κ3) is 2.11. The van der Waals surface area contributed by atoms with E-state index in [-0.39, 0.29) is 16.3 Å². The fraction of sp³-hybridized carbons (Fsp3) is 0. The van der Waals surface area contributed by atoms with Gasteiger partial charge in [-0.05, 0) is 12.1 Å². The molecule has 3 N–H and O–H groups in total. The van der Waals surface area contributed by atoms with Crippen molar-refractivity contribution in [1.29, 1.82) is 0 Å². The number of halogens is 2. The van der Waals surface area contributed by atoms with Crippen molar-refractivity contribution in [3.8, 4) is 0 Å². The topological polar surface area (TPSA) is 78.8 Å². The van der Waals surface area contributed by atoms with Crippen molar-refractivity contribution in [3.63, 3.8) is 0 Å². The van der Waals surface area contributed by atoms with Crippen LogP contribution in [0.15, 0.2) is 12.1 Å². The Morgan fingerprint density at radius 1 is 1.57 bits per heavy atom. The van der Waals surface area contributed by atoms with Gasteiger partial charge in [0.15, 0.2) is 0 Å². The number of rotatable bonds is 3. The van der Waals surface area contributed by atoms with Crippen molar-refractivity contribution in [2.45, 2.75) is 0 Å². The first-order valence-corrected chi connectivity index (χ1v) is 3.73. The summed E-state index contributed by atoms with van der Waals surface area (Å²) in [6.45, 7) is 0. The van der Waals surface area contributed by atoms with Crippen LogP contribution in [0.2, 0.25) is 5.02 Å². The molecule has 0 aliphatic carbocycles. The first kappa shape index (κ1) is 10.7. The maximum Gasteiger partial charge on any atom is 0.337 e. The standard InChI is InChI=1S/C7H5ClFNO4/c8-4-2-5(9)6(10-14-13)1-3(4)7(11)12/h1-2,10,13H,(H,11,12). The van der Waals surface area contributed by atoms with Gasteiger partial charge >= 0.3 is 5.97 Å². The molecule has 1 rings (SSSR count). The number of anilines is 1. The molecule has 0 amide bonds. The van der Waals surface area contributed by atoms with E-state index in [1.165, 1.54) is 0 Å². The van der Waals surface area contributed by atoms with Crippen LogP contribution in [0.3, 0.4) is 0 Å². The number of aromatic carboxylic acids is 1. The molecule has 0 aliphatic heterocycles. The summed E-state index contributed by atoms with van der Waals surface area (Å²) in [5.74, 6) is -2.15. The van der Waals surface area contributed by atoms with Crippen molar-refractivity contribution in [1.82, 2.24) is 0 Å². The normalized spacial score (nSPS) is 9.93. The number of carbonyl (C=O) groups is 1. The second-order valence-corrected chi connectivity index (χ2v) is 2.72. The highest BCUT2D eigenvalue weighted by atomic mass is 35.5. The predicted octanol–water partition coefficient (Wildman–Crippen LogP) is 1.99. The lowest BCUT2D eigenvalue weighted by molar-refractivity contribution is -0.215. The van der Waals surface area contributed by atoms with Crippen LogP contribution in [0.25, 0.3) is 0 Å². The average Bonchev–Trinajstić information content (AvgIpc) is 2.09. The lowest BCUT2D eigenvalue weighted by Gasteiger charge is -2.05. The molecule has 0 fully saturated rings. The number of hydrogen-bond acceptors (Lipinski definition) is 4. The van der Waals surface area contributed by atoms with Gasteiger partial charge in [0.25, 0.3) is 0 Å². The van der Waals surface area contributed by atoms with Crippen LogP contribution >= 0.6 is 11.6 Å². The van der Waals surface area contributed by atoms with Crippen LogP contribution in [0.4, 0.5) is 10.1 Å². The molecule has 0 saturated carbocycles. The largest absolute Gasteiger partial charge is 0.478 e. The minimum atomic E-state index is -1.31. The first-order valence-electron chi connectivity index (χ1n) is 3.35. The molecule has 1 aromatic carbocycles. The molecule has 5 nitrogen and oxygen atoms in total. The van der Waals surface area contributed by atoms with Crippen LogP contribution < -0.4 is 5.48 Å². The van der Waals surface area contributed by atoms with E-state index in [1.54, 1.807) is 5.48 Å². The van der Waals surface area contributed by atoms with Gasteiger partial charge in [-0.1, -0.05) is 11.6 Å². The summed E-state index contributed by atoms with van der Waals surface area (Å²) in [7, 11) is 0. The molecule has 0 heterocycles. The predicted molar refractivity (Wildman–Crippen MR) is 45.7 cm³/mol. The van der Waals surface area contributed by atoms with Crippen LogP contribution in [0.1, 0.15) is 10.4 Å². The number of carboxylic acids is 1. The van der Waals surface area contributed by atoms with Gasteiger partial charge < -0.3 is 5.11 Å². The van der Waals surface area contributed by atoms with Gasteiger partial charge in [-0.25, -0.2) is 19.9 Å². The molecule has 0 atom stereocenters. The third-order valence-corrected chi connectivity index (χ3v) is 1.76. The minimum Gasteiger partial charge on any atom is -0.478 e. The molecule has 0 bridgehead atoms. The second kappa shape index (κ2) is 4.23. The van der Waals surface area contributed by atoms with Crippen LogP contribution in [-0.2, 0) is 4.99 Å². The van der Waals surface area contributed by atoms with Crippen molar-refractivity contribution in [3.05, 3.63) is 28.5 Å². The van der Waals surface area contributed by atoms with Crippen molar-refractivity contribution in [2.24, 2.45) is 0 Å². The van der Waals surface area contributed by atoms with E-state index in [9.17, 15) is 9.18 Å². The van der Waals surface area contributed by atoms with Gasteiger partial charge in [-0.2, -0.15) is 0 Å². The van der Waals surface area contributed by atoms with E-state index in [0.29, 0.717) is 0 Å². The molecular formula is C7H5ClFNO4. The van der Waals surface area contributed by atoms with E-state index in [4.69, 9.17) is 22.0 Å². The Bertz CT molecular complexity index is 371. The summed E-state index contributed by atoms with van der Waals surface area (Å²) in [5.41, 5.74) is 1.13. The van der Waals surface area contributed by atoms with Gasteiger partial charge in [0, 0.05) is 0 Å². The molecular weight excluding hydrogens is 217 g/mol. The number of benzene rings is 1. The first-order chi connectivity index (χ1) is 6.56. The van der Waals surface area contributed by atoms with Crippen LogP contribution in [0, 0.1) is 5.82 Å². The zero-order chi connectivity index (χ0) is 10.7. The van der Waals surface area contributed by atoms with Gasteiger partial charge in [0.05, 0.1) is 10.6 Å².